The van der Waals surface area contributed by atoms with Gasteiger partial charge in [0.2, 0.25) is 0 Å². The largest absolute Gasteiger partial charge is 0.313 e. The first kappa shape index (κ1) is 13.0. The average Bonchev–Trinajstić information content (AvgIpc) is 2.70. The second-order valence-electron chi connectivity index (χ2n) is 4.52. The van der Waals surface area contributed by atoms with Crippen molar-refractivity contribution in [1.82, 2.24) is 5.32 Å². The SMILES string of the molecule is CCS(=O)(=O)CCNC(C)C1CCCC1. The number of hydrogen-bond donors (Lipinski definition) is 1. The second kappa shape index (κ2) is 5.85. The van der Waals surface area contributed by atoms with Crippen LogP contribution in [0.2, 0.25) is 0 Å². The summed E-state index contributed by atoms with van der Waals surface area (Å²) >= 11 is 0. The quantitative estimate of drug-likeness (QED) is 0.758. The highest BCUT2D eigenvalue weighted by Crippen LogP contribution is 2.27. The summed E-state index contributed by atoms with van der Waals surface area (Å²) in [6.45, 7) is 4.48. The van der Waals surface area contributed by atoms with Gasteiger partial charge in [-0.2, -0.15) is 0 Å². The van der Waals surface area contributed by atoms with E-state index in [4.69, 9.17) is 0 Å². The predicted octanol–water partition coefficient (Wildman–Crippen LogP) is 1.59. The van der Waals surface area contributed by atoms with E-state index in [1.807, 2.05) is 0 Å². The van der Waals surface area contributed by atoms with Gasteiger partial charge in [0.25, 0.3) is 0 Å². The number of rotatable bonds is 6. The lowest BCUT2D eigenvalue weighted by atomic mass is 10.00. The molecule has 90 valence electrons. The molecule has 0 amide bonds. The minimum atomic E-state index is -2.80. The van der Waals surface area contributed by atoms with E-state index >= 15 is 0 Å². The molecule has 1 atom stereocenters. The zero-order valence-corrected chi connectivity index (χ0v) is 10.6. The fraction of sp³-hybridized carbons (Fsp3) is 1.00. The van der Waals surface area contributed by atoms with Gasteiger partial charge in [-0.05, 0) is 25.7 Å². The maximum atomic E-state index is 11.3. The van der Waals surface area contributed by atoms with Gasteiger partial charge >= 0.3 is 0 Å². The van der Waals surface area contributed by atoms with Crippen LogP contribution in [-0.2, 0) is 9.84 Å². The Morgan fingerprint density at radius 3 is 2.47 bits per heavy atom. The minimum Gasteiger partial charge on any atom is -0.313 e. The lowest BCUT2D eigenvalue weighted by molar-refractivity contribution is 0.389. The molecule has 1 rings (SSSR count). The van der Waals surface area contributed by atoms with E-state index in [0.29, 0.717) is 12.6 Å². The Kier molecular flexibility index (Phi) is 5.06. The summed E-state index contributed by atoms with van der Waals surface area (Å²) in [6.07, 6.45) is 5.28. The number of sulfone groups is 1. The van der Waals surface area contributed by atoms with Crippen LogP contribution in [-0.4, -0.2) is 32.5 Å². The summed E-state index contributed by atoms with van der Waals surface area (Å²) in [5.41, 5.74) is 0. The third kappa shape index (κ3) is 4.51. The number of nitrogens with one attached hydrogen (secondary N) is 1. The van der Waals surface area contributed by atoms with Gasteiger partial charge in [-0.25, -0.2) is 8.42 Å². The van der Waals surface area contributed by atoms with Crippen molar-refractivity contribution in [2.24, 2.45) is 5.92 Å². The van der Waals surface area contributed by atoms with Crippen LogP contribution in [0.25, 0.3) is 0 Å². The molecule has 1 fully saturated rings. The molecule has 0 aliphatic heterocycles. The van der Waals surface area contributed by atoms with Gasteiger partial charge in [0.05, 0.1) is 5.75 Å². The van der Waals surface area contributed by atoms with Crippen molar-refractivity contribution in [1.29, 1.82) is 0 Å². The summed E-state index contributed by atoms with van der Waals surface area (Å²) in [7, 11) is -2.80. The first-order valence-corrected chi connectivity index (χ1v) is 7.81. The van der Waals surface area contributed by atoms with E-state index in [2.05, 4.69) is 12.2 Å². The Labute approximate surface area is 93.6 Å². The van der Waals surface area contributed by atoms with Crippen molar-refractivity contribution in [3.8, 4) is 0 Å². The molecular weight excluding hydrogens is 210 g/mol. The van der Waals surface area contributed by atoms with Gasteiger partial charge in [0.1, 0.15) is 0 Å². The Bertz CT molecular complexity index is 268. The van der Waals surface area contributed by atoms with Crippen LogP contribution >= 0.6 is 0 Å². The molecule has 4 heteroatoms. The molecule has 15 heavy (non-hydrogen) atoms. The highest BCUT2D eigenvalue weighted by Gasteiger charge is 2.21. The standard InChI is InChI=1S/C11H23NO2S/c1-3-15(13,14)9-8-12-10(2)11-6-4-5-7-11/h10-12H,3-9H2,1-2H3. The highest BCUT2D eigenvalue weighted by molar-refractivity contribution is 7.91. The van der Waals surface area contributed by atoms with Crippen LogP contribution in [0.5, 0.6) is 0 Å². The van der Waals surface area contributed by atoms with Gasteiger partial charge in [0.15, 0.2) is 9.84 Å². The molecule has 0 spiro atoms. The van der Waals surface area contributed by atoms with E-state index in [-0.39, 0.29) is 11.5 Å². The van der Waals surface area contributed by atoms with Crippen LogP contribution in [0, 0.1) is 5.92 Å². The Hall–Kier alpha value is -0.0900. The molecule has 0 aromatic rings. The van der Waals surface area contributed by atoms with Gasteiger partial charge in [-0.3, -0.25) is 0 Å². The molecule has 1 aliphatic rings. The first-order chi connectivity index (χ1) is 7.05. The van der Waals surface area contributed by atoms with E-state index in [1.54, 1.807) is 6.92 Å². The molecule has 1 N–H and O–H groups in total. The normalized spacial score (nSPS) is 20.7. The lowest BCUT2D eigenvalue weighted by Gasteiger charge is -2.20. The van der Waals surface area contributed by atoms with Crippen LogP contribution < -0.4 is 5.32 Å². The molecule has 1 unspecified atom stereocenters. The van der Waals surface area contributed by atoms with E-state index in [9.17, 15) is 8.42 Å². The molecule has 0 aromatic heterocycles. The number of hydrogen-bond acceptors (Lipinski definition) is 3. The zero-order chi connectivity index (χ0) is 11.3. The van der Waals surface area contributed by atoms with Gasteiger partial charge in [0, 0.05) is 18.3 Å². The van der Waals surface area contributed by atoms with E-state index in [0.717, 1.165) is 5.92 Å². The minimum absolute atomic E-state index is 0.256. The first-order valence-electron chi connectivity index (χ1n) is 5.99. The summed E-state index contributed by atoms with van der Waals surface area (Å²) in [4.78, 5) is 0. The lowest BCUT2D eigenvalue weighted by Crippen LogP contribution is -2.35. The monoisotopic (exact) mass is 233 g/mol. The summed E-state index contributed by atoms with van der Waals surface area (Å²) in [6, 6.07) is 0.472. The molecule has 1 saturated carbocycles. The van der Waals surface area contributed by atoms with Crippen molar-refractivity contribution < 1.29 is 8.42 Å². The van der Waals surface area contributed by atoms with Crippen LogP contribution in [0.4, 0.5) is 0 Å². The molecule has 0 saturated heterocycles. The summed E-state index contributed by atoms with van der Waals surface area (Å²) in [5, 5.41) is 3.34. The smallest absolute Gasteiger partial charge is 0.151 e. The molecular formula is C11H23NO2S. The molecule has 0 aromatic carbocycles. The predicted molar refractivity (Wildman–Crippen MR) is 63.8 cm³/mol. The second-order valence-corrected chi connectivity index (χ2v) is 7.00. The molecule has 3 nitrogen and oxygen atoms in total. The summed E-state index contributed by atoms with van der Waals surface area (Å²) < 4.78 is 22.5. The summed E-state index contributed by atoms with van der Waals surface area (Å²) in [5.74, 6) is 1.29. The van der Waals surface area contributed by atoms with Gasteiger partial charge in [-0.15, -0.1) is 0 Å². The third-order valence-electron chi connectivity index (χ3n) is 3.43. The van der Waals surface area contributed by atoms with Crippen molar-refractivity contribution in [2.75, 3.05) is 18.1 Å². The van der Waals surface area contributed by atoms with Crippen molar-refractivity contribution in [2.45, 2.75) is 45.6 Å². The van der Waals surface area contributed by atoms with Crippen molar-refractivity contribution in [3.63, 3.8) is 0 Å². The van der Waals surface area contributed by atoms with Gasteiger partial charge in [-0.1, -0.05) is 19.8 Å². The molecule has 1 aliphatic carbocycles. The van der Waals surface area contributed by atoms with Crippen molar-refractivity contribution in [3.05, 3.63) is 0 Å². The molecule has 0 bridgehead atoms. The highest BCUT2D eigenvalue weighted by atomic mass is 32.2. The van der Waals surface area contributed by atoms with E-state index in [1.165, 1.54) is 25.7 Å². The Morgan fingerprint density at radius 2 is 1.93 bits per heavy atom. The van der Waals surface area contributed by atoms with Crippen molar-refractivity contribution >= 4 is 9.84 Å². The molecule has 0 heterocycles. The fourth-order valence-corrected chi connectivity index (χ4v) is 2.93. The Balaban J connectivity index is 2.19. The maximum Gasteiger partial charge on any atom is 0.151 e. The van der Waals surface area contributed by atoms with Gasteiger partial charge < -0.3 is 5.32 Å². The average molecular weight is 233 g/mol. The van der Waals surface area contributed by atoms with E-state index < -0.39 is 9.84 Å². The third-order valence-corrected chi connectivity index (χ3v) is 5.13. The fourth-order valence-electron chi connectivity index (χ4n) is 2.21. The maximum absolute atomic E-state index is 11.3. The molecule has 0 radical (unpaired) electrons. The Morgan fingerprint density at radius 1 is 1.33 bits per heavy atom. The topological polar surface area (TPSA) is 46.2 Å². The zero-order valence-electron chi connectivity index (χ0n) is 9.83. The van der Waals surface area contributed by atoms with Crippen LogP contribution in [0.3, 0.4) is 0 Å². The van der Waals surface area contributed by atoms with Crippen LogP contribution in [0.1, 0.15) is 39.5 Å². The van der Waals surface area contributed by atoms with Crippen LogP contribution in [0.15, 0.2) is 0 Å².